The summed E-state index contributed by atoms with van der Waals surface area (Å²) >= 11 is 4.82. The molecule has 10 atom stereocenters. The number of benzene rings is 1. The van der Waals surface area contributed by atoms with Crippen LogP contribution < -0.4 is 27.0 Å². The number of nitrogens with one attached hydrogen (secondary N) is 5. The van der Waals surface area contributed by atoms with Crippen molar-refractivity contribution in [1.82, 2.24) is 61.1 Å². The Hall–Kier alpha value is -8.55. The normalized spacial score (nSPS) is 25.7. The summed E-state index contributed by atoms with van der Waals surface area (Å²) in [5.74, 6) is -6.47. The average molecular weight is 1350 g/mol. The number of likely N-dealkylation sites (N-methyl/N-ethyl adjacent to an activating group) is 1. The number of H-pyrrole nitrogens is 1. The smallest absolute Gasteiger partial charge is 0.355 e. The zero-order valence-corrected chi connectivity index (χ0v) is 53.4. The van der Waals surface area contributed by atoms with Crippen LogP contribution in [0.15, 0.2) is 56.9 Å². The van der Waals surface area contributed by atoms with Crippen LogP contribution in [0.1, 0.15) is 125 Å². The number of rotatable bonds is 6. The van der Waals surface area contributed by atoms with Crippen molar-refractivity contribution in [1.29, 1.82) is 0 Å². The van der Waals surface area contributed by atoms with Gasteiger partial charge in [-0.2, -0.15) is 0 Å². The minimum absolute atomic E-state index is 0.0224. The molecule has 5 aliphatic heterocycles. The molecule has 5 aliphatic rings. The number of pyridine rings is 1. The molecular weight excluding hydrogens is 1300 g/mol. The Labute approximate surface area is 540 Å². The van der Waals surface area contributed by atoms with E-state index >= 15 is 9.59 Å². The number of primary amides is 1. The van der Waals surface area contributed by atoms with E-state index in [1.54, 1.807) is 23.6 Å². The van der Waals surface area contributed by atoms with Gasteiger partial charge in [0.1, 0.15) is 125 Å². The molecule has 2 fully saturated rings. The summed E-state index contributed by atoms with van der Waals surface area (Å²) in [7, 11) is 3.24. The van der Waals surface area contributed by atoms with Gasteiger partial charge in [-0.1, -0.05) is 12.1 Å². The minimum Gasteiger partial charge on any atom is -0.506 e. The van der Waals surface area contributed by atoms with Crippen LogP contribution in [-0.2, 0) is 56.0 Å². The number of nitrogens with two attached hydrogens (primary N) is 1. The van der Waals surface area contributed by atoms with Gasteiger partial charge in [-0.25, -0.2) is 39.5 Å². The Morgan fingerprint density at radius 1 is 0.837 bits per heavy atom. The van der Waals surface area contributed by atoms with Crippen molar-refractivity contribution < 1.29 is 76.9 Å². The van der Waals surface area contributed by atoms with E-state index in [2.05, 4.69) is 41.2 Å². The molecule has 478 valence electrons. The van der Waals surface area contributed by atoms with E-state index in [4.69, 9.17) is 53.8 Å². The predicted molar refractivity (Wildman–Crippen MR) is 330 cm³/mol. The first-order valence-corrected chi connectivity index (χ1v) is 32.7. The first kappa shape index (κ1) is 62.3. The highest BCUT2D eigenvalue weighted by molar-refractivity contribution is 7.14. The summed E-state index contributed by atoms with van der Waals surface area (Å²) in [6.07, 6.45) is -6.41. The van der Waals surface area contributed by atoms with Crippen molar-refractivity contribution in [2.45, 2.75) is 108 Å². The van der Waals surface area contributed by atoms with E-state index in [0.29, 0.717) is 23.2 Å². The Balaban J connectivity index is 0.986. The monoisotopic (exact) mass is 1350 g/mol. The third kappa shape index (κ3) is 11.7. The molecule has 13 rings (SSSR count). The molecule has 1 unspecified atom stereocenters. The highest BCUT2D eigenvalue weighted by Gasteiger charge is 2.54. The Bertz CT molecular complexity index is 4340. The van der Waals surface area contributed by atoms with E-state index in [0.717, 1.165) is 56.7 Å². The van der Waals surface area contributed by atoms with Crippen molar-refractivity contribution in [2.24, 2.45) is 5.73 Å². The topological polar surface area (TPSA) is 395 Å². The van der Waals surface area contributed by atoms with Crippen LogP contribution in [0.4, 0.5) is 0 Å². The summed E-state index contributed by atoms with van der Waals surface area (Å²) in [6, 6.07) is 1.88. The number of aromatic amines is 1. The number of cyclic esters (lactones) is 2. The molecular formula is C58H55N13O16S5. The molecule has 5 amide bonds. The fraction of sp³-hybridized carbons (Fsp3) is 0.362. The second kappa shape index (κ2) is 24.8. The number of nitrogens with zero attached hydrogens (tertiary/aromatic N) is 7. The number of aliphatic hydroxyl groups excluding tert-OH is 1. The first-order valence-electron chi connectivity index (χ1n) is 28.4. The van der Waals surface area contributed by atoms with Gasteiger partial charge in [0, 0.05) is 55.4 Å². The van der Waals surface area contributed by atoms with E-state index in [9.17, 15) is 34.2 Å². The summed E-state index contributed by atoms with van der Waals surface area (Å²) < 4.78 is 44.5. The average Bonchev–Trinajstić information content (AvgIpc) is 1.53. The summed E-state index contributed by atoms with van der Waals surface area (Å²) in [5.41, 5.74) is 5.35. The summed E-state index contributed by atoms with van der Waals surface area (Å²) in [5, 5.41) is 42.0. The van der Waals surface area contributed by atoms with Gasteiger partial charge < -0.3 is 75.4 Å². The lowest BCUT2D eigenvalue weighted by Gasteiger charge is -2.45. The van der Waals surface area contributed by atoms with Crippen LogP contribution >= 0.6 is 56.7 Å². The van der Waals surface area contributed by atoms with E-state index in [1.165, 1.54) is 48.5 Å². The number of hydrogen-bond acceptors (Lipinski definition) is 28. The van der Waals surface area contributed by atoms with Gasteiger partial charge in [0.2, 0.25) is 5.91 Å². The van der Waals surface area contributed by atoms with E-state index < -0.39 is 115 Å². The lowest BCUT2D eigenvalue weighted by molar-refractivity contribution is -0.268. The number of fused-ring (bicyclic) bond motifs is 16. The molecule has 34 heteroatoms. The van der Waals surface area contributed by atoms with Gasteiger partial charge >= 0.3 is 11.9 Å². The number of aliphatic hydroxyl groups is 1. The second-order valence-electron chi connectivity index (χ2n) is 22.3. The molecule has 12 heterocycles. The lowest BCUT2D eigenvalue weighted by atomic mass is 9.86. The van der Waals surface area contributed by atoms with Crippen LogP contribution in [0.5, 0.6) is 5.75 Å². The molecule has 0 aliphatic carbocycles. The quantitative estimate of drug-likeness (QED) is 0.0809. The molecule has 2 saturated heterocycles. The summed E-state index contributed by atoms with van der Waals surface area (Å²) in [4.78, 5) is 134. The van der Waals surface area contributed by atoms with Crippen molar-refractivity contribution >= 4 is 115 Å². The molecule has 29 nitrogen and oxygen atoms in total. The van der Waals surface area contributed by atoms with Gasteiger partial charge in [-0.15, -0.1) is 56.7 Å². The van der Waals surface area contributed by atoms with Crippen LogP contribution in [0, 0.1) is 0 Å². The number of aromatic hydroxyl groups is 1. The molecule has 9 N–H and O–H groups in total. The third-order valence-electron chi connectivity index (χ3n) is 16.1. The van der Waals surface area contributed by atoms with Crippen molar-refractivity contribution in [3.8, 4) is 38.4 Å². The fourth-order valence-electron chi connectivity index (χ4n) is 11.7. The summed E-state index contributed by atoms with van der Waals surface area (Å²) in [6.45, 7) is 5.58. The number of ether oxygens (including phenoxy) is 7. The SMILES string of the molecule is COC(C)=C1NC(=O)[C@H]([C@@H](C)O)NC(=O)c2csc(n2)-c2cc(O)c(-c3nc(C(N)=O)cs3)nc2-c2csc(n2)[C@@H]2COC(=O)c3[nH]c4cccc5c4c3COC([C@H](O[C@H]3C[C@]4(C)OCN(C)[C@@H]4[C@H](C)O3)C(=O)OC5)[C@H](NC(=O)c3csc1n3)c1nc(cs1)C(=O)N2. The maximum Gasteiger partial charge on any atom is 0.355 e. The van der Waals surface area contributed by atoms with Gasteiger partial charge in [-0.05, 0) is 52.4 Å². The number of carbonyl (C=O) groups is 7. The molecule has 8 aromatic rings. The molecule has 0 saturated carbocycles. The van der Waals surface area contributed by atoms with E-state index in [-0.39, 0.29) is 112 Å². The molecule has 7 aromatic heterocycles. The molecule has 92 heavy (non-hydrogen) atoms. The van der Waals surface area contributed by atoms with Gasteiger partial charge in [-0.3, -0.25) is 28.9 Å². The van der Waals surface area contributed by atoms with Gasteiger partial charge in [0.05, 0.1) is 44.3 Å². The number of esters is 2. The van der Waals surface area contributed by atoms with Crippen molar-refractivity contribution in [2.75, 3.05) is 27.5 Å². The van der Waals surface area contributed by atoms with Crippen LogP contribution in [-0.4, -0.2) is 167 Å². The Kier molecular flexibility index (Phi) is 16.8. The number of amides is 5. The highest BCUT2D eigenvalue weighted by atomic mass is 32.1. The number of thiazole rings is 5. The largest absolute Gasteiger partial charge is 0.506 e. The van der Waals surface area contributed by atoms with Crippen LogP contribution in [0.2, 0.25) is 0 Å². The zero-order chi connectivity index (χ0) is 64.6. The van der Waals surface area contributed by atoms with Gasteiger partial charge in [0.25, 0.3) is 23.6 Å². The first-order chi connectivity index (χ1) is 44.1. The van der Waals surface area contributed by atoms with E-state index in [1.807, 2.05) is 25.8 Å². The van der Waals surface area contributed by atoms with Gasteiger partial charge in [0.15, 0.2) is 12.4 Å². The number of hydrogen-bond donors (Lipinski definition) is 8. The minimum atomic E-state index is -1.76. The van der Waals surface area contributed by atoms with Crippen molar-refractivity contribution in [3.63, 3.8) is 0 Å². The molecule has 1 aromatic carbocycles. The highest BCUT2D eigenvalue weighted by Crippen LogP contribution is 2.44. The standard InChI is InChI=1S/C58H55N13O16S5/c1-21(72)37-50(78)69-38(22(2)81-6)53-65-33(19-91-53)49(77)70-42-43-44(87-35-11-58(4)45(23(3)86-35)71(5)20-85-58)57(80)83-12-24-8-7-9-27-36(24)26(13-82-43)40(60-27)56(79)84-14-28(61-47(75)31-18-92-55(42)66-31)52-62-29(15-89-52)39-25(51-64-32(17-88-51)48(76)68-37)10-34(73)41(67-39)54-63-30(16-90-54)46(59)74/h7-10,15-19,21,23,28,35,37,42-45,60,72-73H,11-14,20H2,1-6H3,(H2,59,74)(H,61,75)(H,68,76)(H,69,78)(H,70,77)/t21-,23+,28+,35+,37+,42+,43?,44+,45-,58+/m1/s1. The molecule has 12 bridgehead atoms. The van der Waals surface area contributed by atoms with Crippen molar-refractivity contribution in [3.05, 3.63) is 112 Å². The molecule has 0 spiro atoms. The third-order valence-corrected chi connectivity index (χ3v) is 20.6. The number of aromatic nitrogens is 7. The van der Waals surface area contributed by atoms with Crippen LogP contribution in [0.25, 0.3) is 49.3 Å². The number of carbonyl (C=O) groups excluding carboxylic acids is 7. The fourth-order valence-corrected chi connectivity index (χ4v) is 15.9. The second-order valence-corrected chi connectivity index (χ2v) is 26.6. The lowest BCUT2D eigenvalue weighted by Crippen LogP contribution is -2.58. The Morgan fingerprint density at radius 2 is 1.53 bits per heavy atom. The maximum absolute atomic E-state index is 15.2. The number of methoxy groups -OCH3 is 1. The number of allylic oxidation sites excluding steroid dienone is 1. The maximum atomic E-state index is 15.2. The zero-order valence-electron chi connectivity index (χ0n) is 49.3. The predicted octanol–water partition coefficient (Wildman–Crippen LogP) is 4.92. The molecule has 0 radical (unpaired) electrons. The Morgan fingerprint density at radius 3 is 2.29 bits per heavy atom. The van der Waals surface area contributed by atoms with Crippen LogP contribution in [0.3, 0.4) is 0 Å².